The normalized spacial score (nSPS) is 10.5. The Balaban J connectivity index is 2.86. The number of benzene rings is 1. The van der Waals surface area contributed by atoms with Gasteiger partial charge in [0.25, 0.3) is 0 Å². The molecule has 0 unspecified atom stereocenters. The van der Waals surface area contributed by atoms with Gasteiger partial charge in [0.1, 0.15) is 0 Å². The summed E-state index contributed by atoms with van der Waals surface area (Å²) >= 11 is 3.24. The molecule has 0 saturated heterocycles. The van der Waals surface area contributed by atoms with Crippen molar-refractivity contribution in [3.63, 3.8) is 0 Å². The number of hydrogen-bond donors (Lipinski definition) is 1. The molecule has 0 fully saturated rings. The molecule has 0 heterocycles. The van der Waals surface area contributed by atoms with Crippen molar-refractivity contribution in [1.82, 2.24) is 0 Å². The van der Waals surface area contributed by atoms with Crippen LogP contribution in [0.1, 0.15) is 22.8 Å². The number of ether oxygens (including phenoxy) is 1. The van der Waals surface area contributed by atoms with E-state index in [1.54, 1.807) is 19.1 Å². The number of esters is 1. The second-order valence-electron chi connectivity index (χ2n) is 3.13. The Morgan fingerprint density at radius 2 is 2.18 bits per heavy atom. The first-order valence-corrected chi connectivity index (χ1v) is 5.71. The minimum Gasteiger partial charge on any atom is -0.478 e. The summed E-state index contributed by atoms with van der Waals surface area (Å²) in [6.45, 7) is 2.05. The Bertz CT molecular complexity index is 466. The molecule has 1 aromatic carbocycles. The van der Waals surface area contributed by atoms with Gasteiger partial charge in [-0.2, -0.15) is 0 Å². The molecule has 0 bridgehead atoms. The molecule has 1 rings (SSSR count). The van der Waals surface area contributed by atoms with Crippen molar-refractivity contribution in [2.24, 2.45) is 0 Å². The molecule has 0 radical (unpaired) electrons. The molecule has 90 valence electrons. The zero-order chi connectivity index (χ0) is 12.8. The average molecular weight is 299 g/mol. The molecule has 0 aliphatic heterocycles. The van der Waals surface area contributed by atoms with Gasteiger partial charge < -0.3 is 9.84 Å². The van der Waals surface area contributed by atoms with E-state index in [2.05, 4.69) is 15.9 Å². The van der Waals surface area contributed by atoms with Crippen LogP contribution in [0.5, 0.6) is 0 Å². The fourth-order valence-corrected chi connectivity index (χ4v) is 1.65. The molecule has 1 N–H and O–H groups in total. The van der Waals surface area contributed by atoms with Gasteiger partial charge in [0.2, 0.25) is 0 Å². The van der Waals surface area contributed by atoms with Crippen LogP contribution in [0.4, 0.5) is 0 Å². The fourth-order valence-electron chi connectivity index (χ4n) is 1.14. The van der Waals surface area contributed by atoms with Gasteiger partial charge in [0.05, 0.1) is 12.2 Å². The monoisotopic (exact) mass is 298 g/mol. The fraction of sp³-hybridized carbons (Fsp3) is 0.167. The summed E-state index contributed by atoms with van der Waals surface area (Å²) in [6.07, 6.45) is 2.86. The van der Waals surface area contributed by atoms with Gasteiger partial charge in [-0.1, -0.05) is 22.0 Å². The second kappa shape index (κ2) is 6.20. The van der Waals surface area contributed by atoms with Crippen molar-refractivity contribution >= 4 is 33.9 Å². The number of carbonyl (C=O) groups is 2. The summed E-state index contributed by atoms with van der Waals surface area (Å²) in [4.78, 5) is 21.8. The lowest BCUT2D eigenvalue weighted by molar-refractivity contribution is -0.137. The van der Waals surface area contributed by atoms with Crippen molar-refractivity contribution in [3.05, 3.63) is 39.9 Å². The van der Waals surface area contributed by atoms with Crippen molar-refractivity contribution in [3.8, 4) is 0 Å². The summed E-state index contributed by atoms with van der Waals surface area (Å²) in [7, 11) is 0. The number of rotatable bonds is 4. The number of carboxylic acid groups (broad SMARTS) is 1. The molecule has 5 heteroatoms. The molecule has 0 aliphatic rings. The third kappa shape index (κ3) is 4.03. The molecular weight excluding hydrogens is 288 g/mol. The van der Waals surface area contributed by atoms with E-state index in [1.165, 1.54) is 18.2 Å². The van der Waals surface area contributed by atoms with Gasteiger partial charge in [0.15, 0.2) is 0 Å². The Kier molecular flexibility index (Phi) is 4.90. The summed E-state index contributed by atoms with van der Waals surface area (Å²) in [5, 5.41) is 8.78. The average Bonchev–Trinajstić information content (AvgIpc) is 2.27. The van der Waals surface area contributed by atoms with Crippen molar-refractivity contribution in [2.45, 2.75) is 6.92 Å². The van der Waals surface area contributed by atoms with Crippen LogP contribution in [0.3, 0.4) is 0 Å². The summed E-state index contributed by atoms with van der Waals surface area (Å²) in [5.74, 6) is -1.42. The van der Waals surface area contributed by atoms with E-state index in [4.69, 9.17) is 9.84 Å². The molecule has 0 aliphatic carbocycles. The third-order valence-corrected chi connectivity index (χ3v) is 2.62. The van der Waals surface area contributed by atoms with Gasteiger partial charge in [-0.3, -0.25) is 0 Å². The zero-order valence-corrected chi connectivity index (χ0v) is 10.7. The topological polar surface area (TPSA) is 63.6 Å². The first-order chi connectivity index (χ1) is 8.04. The Morgan fingerprint density at radius 3 is 2.71 bits per heavy atom. The predicted molar refractivity (Wildman–Crippen MR) is 66.8 cm³/mol. The van der Waals surface area contributed by atoms with Crippen LogP contribution in [-0.4, -0.2) is 23.7 Å². The lowest BCUT2D eigenvalue weighted by Crippen LogP contribution is -1.99. The van der Waals surface area contributed by atoms with Crippen LogP contribution in [0.25, 0.3) is 6.08 Å². The number of aromatic carboxylic acids is 1. The van der Waals surface area contributed by atoms with Gasteiger partial charge in [-0.15, -0.1) is 0 Å². The largest absolute Gasteiger partial charge is 0.478 e. The molecule has 17 heavy (non-hydrogen) atoms. The highest BCUT2D eigenvalue weighted by Crippen LogP contribution is 2.20. The lowest BCUT2D eigenvalue weighted by Gasteiger charge is -2.00. The highest BCUT2D eigenvalue weighted by atomic mass is 79.9. The maximum atomic E-state index is 11.1. The standard InChI is InChI=1S/C12H11BrO4/c1-2-17-11(14)6-5-8-3-4-9(12(15)16)7-10(8)13/h3-7H,2H2,1H3,(H,15,16). The van der Waals surface area contributed by atoms with E-state index in [1.807, 2.05) is 0 Å². The van der Waals surface area contributed by atoms with E-state index in [9.17, 15) is 9.59 Å². The summed E-state index contributed by atoms with van der Waals surface area (Å²) in [6, 6.07) is 4.56. The number of hydrogen-bond acceptors (Lipinski definition) is 3. The van der Waals surface area contributed by atoms with Crippen molar-refractivity contribution < 1.29 is 19.4 Å². The van der Waals surface area contributed by atoms with E-state index < -0.39 is 11.9 Å². The maximum absolute atomic E-state index is 11.1. The Hall–Kier alpha value is -1.62. The molecule has 1 aromatic rings. The van der Waals surface area contributed by atoms with Crippen LogP contribution < -0.4 is 0 Å². The molecule has 0 atom stereocenters. The van der Waals surface area contributed by atoms with Crippen molar-refractivity contribution in [2.75, 3.05) is 6.61 Å². The van der Waals surface area contributed by atoms with E-state index >= 15 is 0 Å². The third-order valence-electron chi connectivity index (χ3n) is 1.93. The molecule has 0 saturated carbocycles. The highest BCUT2D eigenvalue weighted by molar-refractivity contribution is 9.10. The first-order valence-electron chi connectivity index (χ1n) is 4.92. The van der Waals surface area contributed by atoms with E-state index in [0.29, 0.717) is 16.6 Å². The van der Waals surface area contributed by atoms with Crippen LogP contribution in [0, 0.1) is 0 Å². The minimum absolute atomic E-state index is 0.185. The quantitative estimate of drug-likeness (QED) is 0.686. The van der Waals surface area contributed by atoms with Gasteiger partial charge in [0, 0.05) is 10.5 Å². The van der Waals surface area contributed by atoms with Crippen LogP contribution in [0.2, 0.25) is 0 Å². The van der Waals surface area contributed by atoms with Crippen LogP contribution in [-0.2, 0) is 9.53 Å². The molecule has 0 amide bonds. The van der Waals surface area contributed by atoms with E-state index in [0.717, 1.165) is 0 Å². The SMILES string of the molecule is CCOC(=O)C=Cc1ccc(C(=O)O)cc1Br. The minimum atomic E-state index is -0.994. The number of halogens is 1. The second-order valence-corrected chi connectivity index (χ2v) is 3.98. The van der Waals surface area contributed by atoms with Gasteiger partial charge in [-0.05, 0) is 30.7 Å². The lowest BCUT2D eigenvalue weighted by atomic mass is 10.1. The molecule has 0 aromatic heterocycles. The Labute approximate surface area is 107 Å². The smallest absolute Gasteiger partial charge is 0.335 e. The zero-order valence-electron chi connectivity index (χ0n) is 9.14. The maximum Gasteiger partial charge on any atom is 0.335 e. The number of carbonyl (C=O) groups excluding carboxylic acids is 1. The number of carboxylic acids is 1. The summed E-state index contributed by atoms with van der Waals surface area (Å²) in [5.41, 5.74) is 0.896. The van der Waals surface area contributed by atoms with Crippen LogP contribution >= 0.6 is 15.9 Å². The molecule has 0 spiro atoms. The van der Waals surface area contributed by atoms with Gasteiger partial charge >= 0.3 is 11.9 Å². The summed E-state index contributed by atoms with van der Waals surface area (Å²) < 4.78 is 5.34. The predicted octanol–water partition coefficient (Wildman–Crippen LogP) is 2.72. The van der Waals surface area contributed by atoms with Gasteiger partial charge in [-0.25, -0.2) is 9.59 Å². The Morgan fingerprint density at radius 1 is 1.47 bits per heavy atom. The molecule has 4 nitrogen and oxygen atoms in total. The highest BCUT2D eigenvalue weighted by Gasteiger charge is 2.05. The van der Waals surface area contributed by atoms with E-state index in [-0.39, 0.29) is 5.56 Å². The first kappa shape index (κ1) is 13.4. The van der Waals surface area contributed by atoms with Crippen LogP contribution in [0.15, 0.2) is 28.7 Å². The molecular formula is C12H11BrO4. The van der Waals surface area contributed by atoms with Crippen molar-refractivity contribution in [1.29, 1.82) is 0 Å².